The number of carbonyl (C=O) groups excluding carboxylic acids is 1. The Bertz CT molecular complexity index is 596. The SMILES string of the molecule is CC(=O)N(O)C(C=COc1ccccc1)c1ccccc1. The second-order valence-corrected chi connectivity index (χ2v) is 4.48. The molecule has 0 aliphatic rings. The molecule has 0 aliphatic carbocycles. The molecule has 0 aromatic heterocycles. The molecule has 1 unspecified atom stereocenters. The Morgan fingerprint density at radius 2 is 1.67 bits per heavy atom. The minimum atomic E-state index is -0.590. The van der Waals surface area contributed by atoms with Crippen LogP contribution in [0.15, 0.2) is 73.0 Å². The fourth-order valence-electron chi connectivity index (χ4n) is 1.87. The molecule has 0 saturated heterocycles. The van der Waals surface area contributed by atoms with Crippen LogP contribution in [0.5, 0.6) is 5.75 Å². The van der Waals surface area contributed by atoms with Gasteiger partial charge in [-0.25, -0.2) is 5.06 Å². The first-order valence-electron chi connectivity index (χ1n) is 6.60. The van der Waals surface area contributed by atoms with E-state index in [1.54, 1.807) is 6.08 Å². The van der Waals surface area contributed by atoms with Crippen LogP contribution in [0.25, 0.3) is 0 Å². The Morgan fingerprint density at radius 1 is 1.10 bits per heavy atom. The number of hydroxylamine groups is 2. The topological polar surface area (TPSA) is 49.8 Å². The maximum absolute atomic E-state index is 11.4. The van der Waals surface area contributed by atoms with E-state index in [4.69, 9.17) is 4.74 Å². The molecule has 4 heteroatoms. The number of carbonyl (C=O) groups is 1. The minimum Gasteiger partial charge on any atom is -0.465 e. The van der Waals surface area contributed by atoms with Crippen molar-refractivity contribution in [3.8, 4) is 5.75 Å². The van der Waals surface area contributed by atoms with Gasteiger partial charge < -0.3 is 4.74 Å². The van der Waals surface area contributed by atoms with E-state index in [9.17, 15) is 10.0 Å². The number of hydrogen-bond acceptors (Lipinski definition) is 3. The van der Waals surface area contributed by atoms with Crippen LogP contribution in [0.1, 0.15) is 18.5 Å². The van der Waals surface area contributed by atoms with Gasteiger partial charge in [-0.3, -0.25) is 10.0 Å². The molecular formula is C17H17NO3. The van der Waals surface area contributed by atoms with Crippen molar-refractivity contribution in [1.29, 1.82) is 0 Å². The van der Waals surface area contributed by atoms with E-state index in [-0.39, 0.29) is 0 Å². The van der Waals surface area contributed by atoms with E-state index in [2.05, 4.69) is 0 Å². The second kappa shape index (κ2) is 7.26. The number of ether oxygens (including phenoxy) is 1. The first kappa shape index (κ1) is 14.8. The smallest absolute Gasteiger partial charge is 0.243 e. The molecule has 2 aromatic rings. The van der Waals surface area contributed by atoms with Gasteiger partial charge in [-0.15, -0.1) is 0 Å². The summed E-state index contributed by atoms with van der Waals surface area (Å²) in [6, 6.07) is 17.9. The molecule has 4 nitrogen and oxygen atoms in total. The van der Waals surface area contributed by atoms with Crippen LogP contribution >= 0.6 is 0 Å². The summed E-state index contributed by atoms with van der Waals surface area (Å²) >= 11 is 0. The summed E-state index contributed by atoms with van der Waals surface area (Å²) in [5, 5.41) is 10.6. The van der Waals surface area contributed by atoms with Gasteiger partial charge in [0.15, 0.2) is 0 Å². The Balaban J connectivity index is 2.15. The van der Waals surface area contributed by atoms with Gasteiger partial charge in [0.25, 0.3) is 0 Å². The quantitative estimate of drug-likeness (QED) is 0.518. The minimum absolute atomic E-state index is 0.437. The number of nitrogens with zero attached hydrogens (tertiary/aromatic N) is 1. The van der Waals surface area contributed by atoms with Crippen molar-refractivity contribution < 1.29 is 14.7 Å². The first-order chi connectivity index (χ1) is 10.2. The van der Waals surface area contributed by atoms with Crippen molar-refractivity contribution in [2.75, 3.05) is 0 Å². The van der Waals surface area contributed by atoms with Gasteiger partial charge in [0, 0.05) is 6.92 Å². The predicted molar refractivity (Wildman–Crippen MR) is 79.7 cm³/mol. The van der Waals surface area contributed by atoms with Crippen molar-refractivity contribution in [3.63, 3.8) is 0 Å². The van der Waals surface area contributed by atoms with Crippen molar-refractivity contribution >= 4 is 5.91 Å². The molecular weight excluding hydrogens is 266 g/mol. The second-order valence-electron chi connectivity index (χ2n) is 4.48. The number of benzene rings is 2. The van der Waals surface area contributed by atoms with Gasteiger partial charge >= 0.3 is 0 Å². The summed E-state index contributed by atoms with van der Waals surface area (Å²) < 4.78 is 5.46. The summed E-state index contributed by atoms with van der Waals surface area (Å²) in [5.41, 5.74) is 0.795. The Kier molecular flexibility index (Phi) is 5.12. The molecule has 0 aliphatic heterocycles. The molecule has 21 heavy (non-hydrogen) atoms. The average molecular weight is 283 g/mol. The van der Waals surface area contributed by atoms with Crippen LogP contribution in [-0.4, -0.2) is 16.2 Å². The largest absolute Gasteiger partial charge is 0.465 e. The highest BCUT2D eigenvalue weighted by molar-refractivity contribution is 5.72. The highest BCUT2D eigenvalue weighted by atomic mass is 16.5. The summed E-state index contributed by atoms with van der Waals surface area (Å²) in [4.78, 5) is 11.4. The molecule has 0 fully saturated rings. The van der Waals surface area contributed by atoms with Crippen molar-refractivity contribution in [3.05, 3.63) is 78.6 Å². The van der Waals surface area contributed by atoms with Crippen LogP contribution < -0.4 is 4.74 Å². The summed E-state index contributed by atoms with van der Waals surface area (Å²) in [6.45, 7) is 1.31. The lowest BCUT2D eigenvalue weighted by Gasteiger charge is -2.22. The third-order valence-corrected chi connectivity index (χ3v) is 2.94. The van der Waals surface area contributed by atoms with E-state index >= 15 is 0 Å². The number of rotatable bonds is 5. The van der Waals surface area contributed by atoms with Crippen LogP contribution in [0.2, 0.25) is 0 Å². The van der Waals surface area contributed by atoms with Crippen molar-refractivity contribution in [2.45, 2.75) is 13.0 Å². The number of hydrogen-bond donors (Lipinski definition) is 1. The maximum atomic E-state index is 11.4. The zero-order valence-corrected chi connectivity index (χ0v) is 11.7. The van der Waals surface area contributed by atoms with Crippen LogP contribution in [0.4, 0.5) is 0 Å². The van der Waals surface area contributed by atoms with E-state index in [1.165, 1.54) is 13.2 Å². The summed E-state index contributed by atoms with van der Waals surface area (Å²) in [5.74, 6) is 0.251. The molecule has 1 N–H and O–H groups in total. The molecule has 1 atom stereocenters. The molecule has 2 aromatic carbocycles. The van der Waals surface area contributed by atoms with Gasteiger partial charge in [0.1, 0.15) is 11.8 Å². The van der Waals surface area contributed by atoms with Crippen molar-refractivity contribution in [2.24, 2.45) is 0 Å². The number of amides is 1. The lowest BCUT2D eigenvalue weighted by molar-refractivity contribution is -0.169. The fraction of sp³-hybridized carbons (Fsp3) is 0.118. The average Bonchev–Trinajstić information content (AvgIpc) is 2.53. The molecule has 108 valence electrons. The molecule has 2 rings (SSSR count). The molecule has 0 saturated carbocycles. The van der Waals surface area contributed by atoms with Gasteiger partial charge in [0.05, 0.1) is 6.26 Å². The zero-order chi connectivity index (χ0) is 15.1. The molecule has 0 bridgehead atoms. The Morgan fingerprint density at radius 3 is 2.24 bits per heavy atom. The van der Waals surface area contributed by atoms with E-state index in [0.717, 1.165) is 5.56 Å². The van der Waals surface area contributed by atoms with Crippen LogP contribution in [-0.2, 0) is 4.79 Å². The molecule has 1 amide bonds. The van der Waals surface area contributed by atoms with Gasteiger partial charge in [-0.2, -0.15) is 0 Å². The van der Waals surface area contributed by atoms with Gasteiger partial charge in [0.2, 0.25) is 5.91 Å². The molecule has 0 spiro atoms. The standard InChI is InChI=1S/C17H17NO3/c1-14(19)18(20)17(15-8-4-2-5-9-15)12-13-21-16-10-6-3-7-11-16/h2-13,17,20H,1H3. The van der Waals surface area contributed by atoms with Gasteiger partial charge in [-0.05, 0) is 23.8 Å². The highest BCUT2D eigenvalue weighted by Crippen LogP contribution is 2.21. The lowest BCUT2D eigenvalue weighted by atomic mass is 10.1. The molecule has 0 heterocycles. The summed E-state index contributed by atoms with van der Waals surface area (Å²) in [6.07, 6.45) is 3.10. The van der Waals surface area contributed by atoms with E-state index in [0.29, 0.717) is 10.8 Å². The summed E-state index contributed by atoms with van der Waals surface area (Å²) in [7, 11) is 0. The van der Waals surface area contributed by atoms with E-state index < -0.39 is 11.9 Å². The third-order valence-electron chi connectivity index (χ3n) is 2.94. The van der Waals surface area contributed by atoms with Crippen molar-refractivity contribution in [1.82, 2.24) is 5.06 Å². The van der Waals surface area contributed by atoms with E-state index in [1.807, 2.05) is 60.7 Å². The van der Waals surface area contributed by atoms with Gasteiger partial charge in [-0.1, -0.05) is 48.5 Å². The lowest BCUT2D eigenvalue weighted by Crippen LogP contribution is -2.28. The zero-order valence-electron chi connectivity index (χ0n) is 11.7. The fourth-order valence-corrected chi connectivity index (χ4v) is 1.87. The first-order valence-corrected chi connectivity index (χ1v) is 6.60. The monoisotopic (exact) mass is 283 g/mol. The Hall–Kier alpha value is -2.59. The maximum Gasteiger partial charge on any atom is 0.243 e. The van der Waals surface area contributed by atoms with Crippen LogP contribution in [0, 0.1) is 0 Å². The predicted octanol–water partition coefficient (Wildman–Crippen LogP) is 3.56. The third kappa shape index (κ3) is 4.19. The molecule has 0 radical (unpaired) electrons. The Labute approximate surface area is 123 Å². The normalized spacial score (nSPS) is 12.1. The highest BCUT2D eigenvalue weighted by Gasteiger charge is 2.18. The van der Waals surface area contributed by atoms with Crippen LogP contribution in [0.3, 0.4) is 0 Å². The number of para-hydroxylation sites is 1.